The van der Waals surface area contributed by atoms with Crippen LogP contribution in [0.5, 0.6) is 0 Å². The van der Waals surface area contributed by atoms with Crippen molar-refractivity contribution in [1.82, 2.24) is 30.0 Å². The lowest BCUT2D eigenvalue weighted by atomic mass is 10.0. The first-order chi connectivity index (χ1) is 17.2. The number of carbonyl (C=O) groups excluding carboxylic acids is 1. The van der Waals surface area contributed by atoms with Gasteiger partial charge in [0, 0.05) is 48.3 Å². The third-order valence-electron chi connectivity index (χ3n) is 6.92. The summed E-state index contributed by atoms with van der Waals surface area (Å²) in [6, 6.07) is 12.0. The Morgan fingerprint density at radius 3 is 2.57 bits per heavy atom. The Hall–Kier alpha value is -3.62. The SMILES string of the molecule is O=C(Nc1ccnc(CN2CCC2)c1)c1n[nH]c2ccc(-c3cncc(CN4CCCC4)c3)cc12. The van der Waals surface area contributed by atoms with Gasteiger partial charge >= 0.3 is 0 Å². The van der Waals surface area contributed by atoms with Gasteiger partial charge in [0.25, 0.3) is 5.91 Å². The maximum Gasteiger partial charge on any atom is 0.276 e. The fourth-order valence-corrected chi connectivity index (χ4v) is 4.90. The molecule has 6 rings (SSSR count). The highest BCUT2D eigenvalue weighted by Crippen LogP contribution is 2.27. The number of aromatic amines is 1. The van der Waals surface area contributed by atoms with Gasteiger partial charge in [0.1, 0.15) is 0 Å². The summed E-state index contributed by atoms with van der Waals surface area (Å²) in [6.45, 7) is 6.26. The van der Waals surface area contributed by atoms with Gasteiger partial charge in [-0.05, 0) is 86.9 Å². The number of rotatable bonds is 7. The molecule has 2 N–H and O–H groups in total. The van der Waals surface area contributed by atoms with E-state index in [-0.39, 0.29) is 5.91 Å². The highest BCUT2D eigenvalue weighted by molar-refractivity contribution is 6.11. The van der Waals surface area contributed by atoms with Crippen LogP contribution in [0.15, 0.2) is 55.0 Å². The van der Waals surface area contributed by atoms with E-state index in [0.717, 1.165) is 72.7 Å². The molecule has 35 heavy (non-hydrogen) atoms. The summed E-state index contributed by atoms with van der Waals surface area (Å²) in [6.07, 6.45) is 9.35. The lowest BCUT2D eigenvalue weighted by Gasteiger charge is -2.30. The molecule has 0 bridgehead atoms. The van der Waals surface area contributed by atoms with Crippen LogP contribution < -0.4 is 5.32 Å². The third-order valence-corrected chi connectivity index (χ3v) is 6.92. The van der Waals surface area contributed by atoms with Crippen molar-refractivity contribution in [3.8, 4) is 11.1 Å². The number of hydrogen-bond donors (Lipinski definition) is 2. The van der Waals surface area contributed by atoms with Crippen molar-refractivity contribution >= 4 is 22.5 Å². The molecule has 5 heterocycles. The Morgan fingerprint density at radius 2 is 1.74 bits per heavy atom. The number of anilines is 1. The molecule has 2 aliphatic heterocycles. The molecule has 3 aromatic heterocycles. The zero-order valence-corrected chi connectivity index (χ0v) is 19.7. The first-order valence-electron chi connectivity index (χ1n) is 12.3. The average Bonchev–Trinajstić information content (AvgIpc) is 3.51. The van der Waals surface area contributed by atoms with Gasteiger partial charge in [-0.15, -0.1) is 0 Å². The molecule has 0 atom stereocenters. The molecule has 0 unspecified atom stereocenters. The van der Waals surface area contributed by atoms with Crippen LogP contribution in [0.3, 0.4) is 0 Å². The molecule has 0 radical (unpaired) electrons. The van der Waals surface area contributed by atoms with Crippen LogP contribution >= 0.6 is 0 Å². The van der Waals surface area contributed by atoms with Gasteiger partial charge in [-0.25, -0.2) is 0 Å². The van der Waals surface area contributed by atoms with Crippen LogP contribution in [-0.4, -0.2) is 62.1 Å². The summed E-state index contributed by atoms with van der Waals surface area (Å²) in [5.74, 6) is -0.240. The predicted molar refractivity (Wildman–Crippen MR) is 136 cm³/mol. The molecule has 2 saturated heterocycles. The van der Waals surface area contributed by atoms with Gasteiger partial charge in [0.2, 0.25) is 0 Å². The monoisotopic (exact) mass is 467 g/mol. The standard InChI is InChI=1S/C27H29N7O/c35-27(30-22-6-7-29-23(14-22)18-34-10-3-11-34)26-24-13-20(4-5-25(24)31-32-26)21-12-19(15-28-16-21)17-33-8-1-2-9-33/h4-7,12-16H,1-3,8-11,17-18H2,(H,31,32)(H,29,30,35). The second-order valence-electron chi connectivity index (χ2n) is 9.52. The first kappa shape index (κ1) is 21.9. The quantitative estimate of drug-likeness (QED) is 0.426. The fraction of sp³-hybridized carbons (Fsp3) is 0.333. The summed E-state index contributed by atoms with van der Waals surface area (Å²) in [5.41, 5.74) is 6.16. The number of benzene rings is 1. The molecule has 8 heteroatoms. The number of likely N-dealkylation sites (tertiary alicyclic amines) is 2. The molecule has 0 aliphatic carbocycles. The number of pyridine rings is 2. The average molecular weight is 468 g/mol. The summed E-state index contributed by atoms with van der Waals surface area (Å²) in [7, 11) is 0. The molecule has 1 aromatic carbocycles. The Bertz CT molecular complexity index is 1350. The normalized spacial score (nSPS) is 16.5. The van der Waals surface area contributed by atoms with Crippen LogP contribution in [-0.2, 0) is 13.1 Å². The molecular weight excluding hydrogens is 438 g/mol. The maximum absolute atomic E-state index is 13.1. The number of nitrogens with zero attached hydrogens (tertiary/aromatic N) is 5. The molecule has 0 saturated carbocycles. The number of hydrogen-bond acceptors (Lipinski definition) is 6. The molecule has 2 aliphatic rings. The lowest BCUT2D eigenvalue weighted by molar-refractivity contribution is 0.102. The van der Waals surface area contributed by atoms with Crippen molar-refractivity contribution in [2.24, 2.45) is 0 Å². The van der Waals surface area contributed by atoms with E-state index in [4.69, 9.17) is 0 Å². The summed E-state index contributed by atoms with van der Waals surface area (Å²) < 4.78 is 0. The molecule has 2 fully saturated rings. The van der Waals surface area contributed by atoms with Gasteiger partial charge < -0.3 is 5.32 Å². The van der Waals surface area contributed by atoms with Gasteiger partial charge in [0.15, 0.2) is 5.69 Å². The minimum absolute atomic E-state index is 0.240. The van der Waals surface area contributed by atoms with E-state index in [1.165, 1.54) is 24.8 Å². The summed E-state index contributed by atoms with van der Waals surface area (Å²) in [4.78, 5) is 26.9. The largest absolute Gasteiger partial charge is 0.320 e. The molecule has 8 nitrogen and oxygen atoms in total. The first-order valence-corrected chi connectivity index (χ1v) is 12.3. The molecule has 4 aromatic rings. The van der Waals surface area contributed by atoms with E-state index in [0.29, 0.717) is 5.69 Å². The highest BCUT2D eigenvalue weighted by atomic mass is 16.1. The van der Waals surface area contributed by atoms with E-state index < -0.39 is 0 Å². The van der Waals surface area contributed by atoms with Crippen LogP contribution in [0, 0.1) is 0 Å². The smallest absolute Gasteiger partial charge is 0.276 e. The molecule has 0 spiro atoms. The summed E-state index contributed by atoms with van der Waals surface area (Å²) >= 11 is 0. The van der Waals surface area contributed by atoms with Crippen LogP contribution in [0.4, 0.5) is 5.69 Å². The second-order valence-corrected chi connectivity index (χ2v) is 9.52. The zero-order chi connectivity index (χ0) is 23.6. The number of amides is 1. The predicted octanol–water partition coefficient (Wildman–Crippen LogP) is 4.07. The summed E-state index contributed by atoms with van der Waals surface area (Å²) in [5, 5.41) is 11.1. The van der Waals surface area contributed by atoms with E-state index >= 15 is 0 Å². The number of aromatic nitrogens is 4. The van der Waals surface area contributed by atoms with Crippen LogP contribution in [0.2, 0.25) is 0 Å². The fourth-order valence-electron chi connectivity index (χ4n) is 4.90. The topological polar surface area (TPSA) is 90.0 Å². The minimum Gasteiger partial charge on any atom is -0.320 e. The Balaban J connectivity index is 1.22. The Kier molecular flexibility index (Phi) is 5.98. The lowest BCUT2D eigenvalue weighted by Crippen LogP contribution is -2.36. The van der Waals surface area contributed by atoms with Gasteiger partial charge in [-0.1, -0.05) is 6.07 Å². The van der Waals surface area contributed by atoms with Crippen molar-refractivity contribution in [3.05, 3.63) is 71.9 Å². The molecular formula is C27H29N7O. The highest BCUT2D eigenvalue weighted by Gasteiger charge is 2.18. The van der Waals surface area contributed by atoms with E-state index in [9.17, 15) is 4.79 Å². The molecule has 1 amide bonds. The van der Waals surface area contributed by atoms with Gasteiger partial charge in [0.05, 0.1) is 11.2 Å². The van der Waals surface area contributed by atoms with Crippen molar-refractivity contribution in [3.63, 3.8) is 0 Å². The Labute approximate surface area is 204 Å². The van der Waals surface area contributed by atoms with Gasteiger partial charge in [-0.3, -0.25) is 29.7 Å². The Morgan fingerprint density at radius 1 is 0.914 bits per heavy atom. The van der Waals surface area contributed by atoms with Crippen LogP contribution in [0.1, 0.15) is 41.0 Å². The minimum atomic E-state index is -0.240. The van der Waals surface area contributed by atoms with Gasteiger partial charge in [-0.2, -0.15) is 5.10 Å². The van der Waals surface area contributed by atoms with E-state index in [1.54, 1.807) is 6.20 Å². The number of nitrogens with one attached hydrogen (secondary N) is 2. The van der Waals surface area contributed by atoms with Crippen LogP contribution in [0.25, 0.3) is 22.0 Å². The number of H-pyrrole nitrogens is 1. The van der Waals surface area contributed by atoms with Crippen molar-refractivity contribution in [2.75, 3.05) is 31.5 Å². The maximum atomic E-state index is 13.1. The second kappa shape index (κ2) is 9.56. The van der Waals surface area contributed by atoms with E-state index in [2.05, 4.69) is 41.3 Å². The van der Waals surface area contributed by atoms with Crippen molar-refractivity contribution in [2.45, 2.75) is 32.4 Å². The number of fused-ring (bicyclic) bond motifs is 1. The van der Waals surface area contributed by atoms with E-state index in [1.807, 2.05) is 42.7 Å². The third kappa shape index (κ3) is 4.80. The zero-order valence-electron chi connectivity index (χ0n) is 19.7. The van der Waals surface area contributed by atoms with Crippen molar-refractivity contribution < 1.29 is 4.79 Å². The van der Waals surface area contributed by atoms with Crippen molar-refractivity contribution in [1.29, 1.82) is 0 Å². The molecule has 178 valence electrons. The number of carbonyl (C=O) groups is 1.